The molecule has 0 heterocycles. The maximum absolute atomic E-state index is 13.3. The Bertz CT molecular complexity index is 379. The smallest absolute Gasteiger partial charge is 0.139 e. The minimum Gasteiger partial charge on any atom is -0.381 e. The molecule has 88 valence electrons. The standard InChI is InChI=1S/C12H14BrFO2/c1-8(16-2)5-11(15)7-9-6-10(13)3-4-12(9)14/h3-4,6,8H,5,7H2,1-2H3. The second-order valence-electron chi connectivity index (χ2n) is 3.70. The number of hydrogen-bond donors (Lipinski definition) is 0. The summed E-state index contributed by atoms with van der Waals surface area (Å²) in [6, 6.07) is 4.60. The first-order valence-electron chi connectivity index (χ1n) is 5.01. The van der Waals surface area contributed by atoms with E-state index in [0.29, 0.717) is 12.0 Å². The number of Topliss-reactive ketones (excluding diaryl/α,β-unsaturated/α-hetero) is 1. The molecule has 0 spiro atoms. The van der Waals surface area contributed by atoms with Gasteiger partial charge >= 0.3 is 0 Å². The highest BCUT2D eigenvalue weighted by Crippen LogP contribution is 2.17. The molecule has 1 unspecified atom stereocenters. The molecular formula is C12H14BrFO2. The van der Waals surface area contributed by atoms with Gasteiger partial charge in [-0.05, 0) is 30.7 Å². The van der Waals surface area contributed by atoms with Gasteiger partial charge in [-0.2, -0.15) is 0 Å². The average molecular weight is 289 g/mol. The van der Waals surface area contributed by atoms with Crippen molar-refractivity contribution in [2.75, 3.05) is 7.11 Å². The molecule has 0 amide bonds. The Morgan fingerprint density at radius 1 is 1.56 bits per heavy atom. The van der Waals surface area contributed by atoms with Gasteiger partial charge in [-0.15, -0.1) is 0 Å². The van der Waals surface area contributed by atoms with E-state index in [2.05, 4.69) is 15.9 Å². The Hall–Kier alpha value is -0.740. The van der Waals surface area contributed by atoms with E-state index in [1.165, 1.54) is 6.07 Å². The molecular weight excluding hydrogens is 275 g/mol. The molecule has 0 saturated heterocycles. The van der Waals surface area contributed by atoms with Gasteiger partial charge in [-0.25, -0.2) is 4.39 Å². The summed E-state index contributed by atoms with van der Waals surface area (Å²) < 4.78 is 19.1. The van der Waals surface area contributed by atoms with Gasteiger partial charge in [-0.1, -0.05) is 15.9 Å². The third kappa shape index (κ3) is 4.02. The molecule has 0 fully saturated rings. The predicted molar refractivity (Wildman–Crippen MR) is 63.9 cm³/mol. The lowest BCUT2D eigenvalue weighted by Crippen LogP contribution is -2.14. The fraction of sp³-hybridized carbons (Fsp3) is 0.417. The molecule has 0 N–H and O–H groups in total. The van der Waals surface area contributed by atoms with E-state index in [0.717, 1.165) is 4.47 Å². The summed E-state index contributed by atoms with van der Waals surface area (Å²) in [7, 11) is 1.55. The Kier molecular flexibility index (Phi) is 5.09. The first-order valence-corrected chi connectivity index (χ1v) is 5.80. The molecule has 0 aliphatic carbocycles. The normalized spacial score (nSPS) is 12.5. The highest BCUT2D eigenvalue weighted by molar-refractivity contribution is 9.10. The highest BCUT2D eigenvalue weighted by Gasteiger charge is 2.12. The van der Waals surface area contributed by atoms with Crippen LogP contribution in [0.1, 0.15) is 18.9 Å². The first kappa shape index (κ1) is 13.3. The Labute approximate surface area is 103 Å². The maximum Gasteiger partial charge on any atom is 0.139 e. The highest BCUT2D eigenvalue weighted by atomic mass is 79.9. The lowest BCUT2D eigenvalue weighted by Gasteiger charge is -2.08. The molecule has 4 heteroatoms. The van der Waals surface area contributed by atoms with Crippen molar-refractivity contribution in [1.29, 1.82) is 0 Å². The quantitative estimate of drug-likeness (QED) is 0.832. The summed E-state index contributed by atoms with van der Waals surface area (Å²) in [5.74, 6) is -0.368. The van der Waals surface area contributed by atoms with Crippen LogP contribution in [0, 0.1) is 5.82 Å². The monoisotopic (exact) mass is 288 g/mol. The van der Waals surface area contributed by atoms with E-state index < -0.39 is 0 Å². The van der Waals surface area contributed by atoms with Crippen molar-refractivity contribution in [3.05, 3.63) is 34.1 Å². The van der Waals surface area contributed by atoms with Gasteiger partial charge in [0.1, 0.15) is 11.6 Å². The van der Waals surface area contributed by atoms with Crippen molar-refractivity contribution < 1.29 is 13.9 Å². The summed E-state index contributed by atoms with van der Waals surface area (Å²) in [6.45, 7) is 1.81. The largest absolute Gasteiger partial charge is 0.381 e. The van der Waals surface area contributed by atoms with Crippen LogP contribution < -0.4 is 0 Å². The van der Waals surface area contributed by atoms with E-state index in [4.69, 9.17) is 4.74 Å². The van der Waals surface area contributed by atoms with Gasteiger partial charge in [0.2, 0.25) is 0 Å². The molecule has 0 radical (unpaired) electrons. The number of benzene rings is 1. The number of ether oxygens (including phenoxy) is 1. The molecule has 1 rings (SSSR count). The third-order valence-corrected chi connectivity index (χ3v) is 2.81. The molecule has 0 bridgehead atoms. The number of carbonyl (C=O) groups is 1. The summed E-state index contributed by atoms with van der Waals surface area (Å²) in [6.07, 6.45) is 0.296. The molecule has 0 aromatic heterocycles. The Morgan fingerprint density at radius 3 is 2.88 bits per heavy atom. The van der Waals surface area contributed by atoms with Gasteiger partial charge in [0.25, 0.3) is 0 Å². The van der Waals surface area contributed by atoms with Crippen molar-refractivity contribution in [3.63, 3.8) is 0 Å². The SMILES string of the molecule is COC(C)CC(=O)Cc1cc(Br)ccc1F. The Morgan fingerprint density at radius 2 is 2.25 bits per heavy atom. The summed E-state index contributed by atoms with van der Waals surface area (Å²) in [5.41, 5.74) is 0.419. The van der Waals surface area contributed by atoms with E-state index in [-0.39, 0.29) is 24.1 Å². The van der Waals surface area contributed by atoms with Gasteiger partial charge in [0, 0.05) is 24.4 Å². The van der Waals surface area contributed by atoms with Crippen molar-refractivity contribution in [3.8, 4) is 0 Å². The van der Waals surface area contributed by atoms with Crippen LogP contribution in [0.3, 0.4) is 0 Å². The average Bonchev–Trinajstić information content (AvgIpc) is 2.23. The lowest BCUT2D eigenvalue weighted by molar-refractivity contribution is -0.120. The number of halogens is 2. The second-order valence-corrected chi connectivity index (χ2v) is 4.62. The second kappa shape index (κ2) is 6.11. The van der Waals surface area contributed by atoms with Crippen molar-refractivity contribution >= 4 is 21.7 Å². The first-order chi connectivity index (χ1) is 7.52. The summed E-state index contributed by atoms with van der Waals surface area (Å²) in [5, 5.41) is 0. The topological polar surface area (TPSA) is 26.3 Å². The van der Waals surface area contributed by atoms with Crippen molar-refractivity contribution in [1.82, 2.24) is 0 Å². The van der Waals surface area contributed by atoms with Gasteiger partial charge in [-0.3, -0.25) is 4.79 Å². The lowest BCUT2D eigenvalue weighted by atomic mass is 10.0. The van der Waals surface area contributed by atoms with Crippen LogP contribution in [0.15, 0.2) is 22.7 Å². The zero-order chi connectivity index (χ0) is 12.1. The molecule has 16 heavy (non-hydrogen) atoms. The third-order valence-electron chi connectivity index (χ3n) is 2.31. The molecule has 0 saturated carbocycles. The minimum absolute atomic E-state index is 0.0219. The van der Waals surface area contributed by atoms with Crippen LogP contribution in [0.5, 0.6) is 0 Å². The Balaban J connectivity index is 2.65. The van der Waals surface area contributed by atoms with Crippen molar-refractivity contribution in [2.24, 2.45) is 0 Å². The molecule has 0 aliphatic heterocycles. The van der Waals surface area contributed by atoms with E-state index in [1.807, 2.05) is 6.92 Å². The fourth-order valence-electron chi connectivity index (χ4n) is 1.37. The zero-order valence-corrected chi connectivity index (χ0v) is 10.9. The number of ketones is 1. The molecule has 0 aliphatic rings. The number of carbonyl (C=O) groups excluding carboxylic acids is 1. The zero-order valence-electron chi connectivity index (χ0n) is 9.30. The van der Waals surface area contributed by atoms with E-state index in [9.17, 15) is 9.18 Å². The van der Waals surface area contributed by atoms with Gasteiger partial charge in [0.15, 0.2) is 0 Å². The number of rotatable bonds is 5. The van der Waals surface area contributed by atoms with Gasteiger partial charge < -0.3 is 4.74 Å². The molecule has 1 aromatic rings. The van der Waals surface area contributed by atoms with E-state index >= 15 is 0 Å². The van der Waals surface area contributed by atoms with E-state index in [1.54, 1.807) is 19.2 Å². The van der Waals surface area contributed by atoms with Crippen LogP contribution in [0.4, 0.5) is 4.39 Å². The van der Waals surface area contributed by atoms with Crippen LogP contribution in [0.25, 0.3) is 0 Å². The molecule has 2 nitrogen and oxygen atoms in total. The van der Waals surface area contributed by atoms with Crippen LogP contribution in [-0.2, 0) is 16.0 Å². The minimum atomic E-state index is -0.346. The number of methoxy groups -OCH3 is 1. The number of hydrogen-bond acceptors (Lipinski definition) is 2. The summed E-state index contributed by atoms with van der Waals surface area (Å²) in [4.78, 5) is 11.6. The van der Waals surface area contributed by atoms with Gasteiger partial charge in [0.05, 0.1) is 6.10 Å². The predicted octanol–water partition coefficient (Wildman–Crippen LogP) is 3.12. The maximum atomic E-state index is 13.3. The summed E-state index contributed by atoms with van der Waals surface area (Å²) >= 11 is 3.25. The molecule has 1 atom stereocenters. The van der Waals surface area contributed by atoms with Crippen LogP contribution in [-0.4, -0.2) is 19.0 Å². The fourth-order valence-corrected chi connectivity index (χ4v) is 1.78. The van der Waals surface area contributed by atoms with Crippen molar-refractivity contribution in [2.45, 2.75) is 25.9 Å². The van der Waals surface area contributed by atoms with Crippen LogP contribution in [0.2, 0.25) is 0 Å². The van der Waals surface area contributed by atoms with Crippen LogP contribution >= 0.6 is 15.9 Å². The molecule has 1 aromatic carbocycles.